The maximum atomic E-state index is 12.1. The second-order valence-corrected chi connectivity index (χ2v) is 6.82. The topological polar surface area (TPSA) is 72.7 Å². The van der Waals surface area contributed by atoms with E-state index < -0.39 is 0 Å². The van der Waals surface area contributed by atoms with Crippen LogP contribution in [0.25, 0.3) is 11.4 Å². The van der Waals surface area contributed by atoms with Crippen molar-refractivity contribution in [3.8, 4) is 11.4 Å². The molecule has 1 amide bonds. The molecule has 9 heteroatoms. The summed E-state index contributed by atoms with van der Waals surface area (Å²) in [6.07, 6.45) is 3.39. The number of rotatable bonds is 5. The number of hydrogen-bond donors (Lipinski definition) is 1. The molecule has 128 valence electrons. The number of anilines is 1. The fourth-order valence-electron chi connectivity index (χ4n) is 2.09. The van der Waals surface area contributed by atoms with Gasteiger partial charge in [0, 0.05) is 30.7 Å². The summed E-state index contributed by atoms with van der Waals surface area (Å²) in [5, 5.41) is 12.6. The van der Waals surface area contributed by atoms with Gasteiger partial charge in [-0.25, -0.2) is 0 Å². The number of nitrogens with one attached hydrogen (secondary N) is 1. The zero-order valence-corrected chi connectivity index (χ0v) is 15.4. The van der Waals surface area contributed by atoms with E-state index in [1.807, 2.05) is 23.7 Å². The maximum Gasteiger partial charge on any atom is 0.234 e. The molecule has 6 nitrogen and oxygen atoms in total. The predicted octanol–water partition coefficient (Wildman–Crippen LogP) is 3.91. The molecule has 1 N–H and O–H groups in total. The van der Waals surface area contributed by atoms with Gasteiger partial charge < -0.3 is 9.88 Å². The minimum atomic E-state index is -0.170. The van der Waals surface area contributed by atoms with Crippen molar-refractivity contribution in [3.63, 3.8) is 0 Å². The first-order valence-electron chi connectivity index (χ1n) is 7.22. The molecule has 0 unspecified atom stereocenters. The lowest BCUT2D eigenvalue weighted by Crippen LogP contribution is -2.14. The summed E-state index contributed by atoms with van der Waals surface area (Å²) in [7, 11) is 1.86. The molecule has 0 aliphatic rings. The van der Waals surface area contributed by atoms with Crippen molar-refractivity contribution in [2.45, 2.75) is 5.16 Å². The third kappa shape index (κ3) is 4.31. The van der Waals surface area contributed by atoms with Crippen LogP contribution in [0.4, 0.5) is 5.69 Å². The van der Waals surface area contributed by atoms with Crippen molar-refractivity contribution in [1.82, 2.24) is 19.7 Å². The molecule has 0 fully saturated rings. The van der Waals surface area contributed by atoms with E-state index in [1.54, 1.807) is 30.6 Å². The van der Waals surface area contributed by atoms with Crippen molar-refractivity contribution < 1.29 is 4.79 Å². The number of carbonyl (C=O) groups excluding carboxylic acids is 1. The van der Waals surface area contributed by atoms with Crippen molar-refractivity contribution >= 4 is 46.6 Å². The summed E-state index contributed by atoms with van der Waals surface area (Å²) in [5.41, 5.74) is 1.51. The average Bonchev–Trinajstić information content (AvgIpc) is 2.98. The Morgan fingerprint density at radius 3 is 2.64 bits per heavy atom. The summed E-state index contributed by atoms with van der Waals surface area (Å²) in [4.78, 5) is 16.1. The van der Waals surface area contributed by atoms with Gasteiger partial charge in [0.15, 0.2) is 11.0 Å². The van der Waals surface area contributed by atoms with Crippen LogP contribution in [0, 0.1) is 0 Å². The second-order valence-electron chi connectivity index (χ2n) is 5.07. The van der Waals surface area contributed by atoms with E-state index in [9.17, 15) is 4.79 Å². The van der Waals surface area contributed by atoms with E-state index in [0.29, 0.717) is 20.9 Å². The third-order valence-corrected chi connectivity index (χ3v) is 5.07. The number of carbonyl (C=O) groups is 1. The van der Waals surface area contributed by atoms with Crippen LogP contribution < -0.4 is 5.32 Å². The number of nitrogens with zero attached hydrogens (tertiary/aromatic N) is 4. The van der Waals surface area contributed by atoms with Gasteiger partial charge in [0.05, 0.1) is 15.8 Å². The first-order chi connectivity index (χ1) is 12.0. The Hall–Kier alpha value is -2.09. The smallest absolute Gasteiger partial charge is 0.234 e. The molecular formula is C16H13Cl2N5OS. The van der Waals surface area contributed by atoms with Crippen LogP contribution in [-0.4, -0.2) is 31.4 Å². The molecule has 3 rings (SSSR count). The van der Waals surface area contributed by atoms with Crippen molar-refractivity contribution in [2.24, 2.45) is 7.05 Å². The number of pyridine rings is 1. The standard InChI is InChI=1S/C16H13Cl2N5OS/c1-23-15(10-4-6-19-7-5-10)21-22-16(23)25-9-14(24)20-11-2-3-12(17)13(18)8-11/h2-8H,9H2,1H3,(H,20,24). The summed E-state index contributed by atoms with van der Waals surface area (Å²) in [5.74, 6) is 0.745. The van der Waals surface area contributed by atoms with E-state index in [2.05, 4.69) is 20.5 Å². The fourth-order valence-corrected chi connectivity index (χ4v) is 3.10. The van der Waals surface area contributed by atoms with Crippen LogP contribution in [0.5, 0.6) is 0 Å². The Labute approximate surface area is 158 Å². The predicted molar refractivity (Wildman–Crippen MR) is 100 cm³/mol. The highest BCUT2D eigenvalue weighted by atomic mass is 35.5. The number of aromatic nitrogens is 4. The number of amides is 1. The van der Waals surface area contributed by atoms with E-state index in [0.717, 1.165) is 11.4 Å². The molecule has 2 aromatic heterocycles. The summed E-state index contributed by atoms with van der Waals surface area (Å²) in [6.45, 7) is 0. The number of halogens is 2. The zero-order valence-electron chi connectivity index (χ0n) is 13.1. The Balaban J connectivity index is 1.63. The number of benzene rings is 1. The molecule has 0 aliphatic carbocycles. The molecule has 0 spiro atoms. The maximum absolute atomic E-state index is 12.1. The molecule has 0 saturated carbocycles. The summed E-state index contributed by atoms with van der Waals surface area (Å²) < 4.78 is 1.84. The van der Waals surface area contributed by atoms with Gasteiger partial charge in [-0.15, -0.1) is 10.2 Å². The quantitative estimate of drug-likeness (QED) is 0.665. The lowest BCUT2D eigenvalue weighted by Gasteiger charge is -2.06. The van der Waals surface area contributed by atoms with Gasteiger partial charge >= 0.3 is 0 Å². The Morgan fingerprint density at radius 1 is 1.16 bits per heavy atom. The van der Waals surface area contributed by atoms with Crippen molar-refractivity contribution in [2.75, 3.05) is 11.1 Å². The molecular weight excluding hydrogens is 381 g/mol. The molecule has 0 bridgehead atoms. The Bertz CT molecular complexity index is 901. The van der Waals surface area contributed by atoms with Crippen LogP contribution in [0.1, 0.15) is 0 Å². The molecule has 3 aromatic rings. The van der Waals surface area contributed by atoms with Crippen LogP contribution in [0.2, 0.25) is 10.0 Å². The molecule has 2 heterocycles. The molecule has 1 aromatic carbocycles. The highest BCUT2D eigenvalue weighted by Gasteiger charge is 2.13. The van der Waals surface area contributed by atoms with Gasteiger partial charge in [-0.05, 0) is 30.3 Å². The van der Waals surface area contributed by atoms with Gasteiger partial charge in [0.1, 0.15) is 0 Å². The first-order valence-corrected chi connectivity index (χ1v) is 8.96. The monoisotopic (exact) mass is 393 g/mol. The number of hydrogen-bond acceptors (Lipinski definition) is 5. The van der Waals surface area contributed by atoms with Crippen molar-refractivity contribution in [1.29, 1.82) is 0 Å². The fraction of sp³-hybridized carbons (Fsp3) is 0.125. The minimum absolute atomic E-state index is 0.170. The normalized spacial score (nSPS) is 10.7. The van der Waals surface area contributed by atoms with E-state index >= 15 is 0 Å². The first kappa shape index (κ1) is 17.7. The number of thioether (sulfide) groups is 1. The summed E-state index contributed by atoms with van der Waals surface area (Å²) in [6, 6.07) is 8.65. The van der Waals surface area contributed by atoms with Crippen LogP contribution >= 0.6 is 35.0 Å². The Morgan fingerprint density at radius 2 is 1.92 bits per heavy atom. The second kappa shape index (κ2) is 7.86. The molecule has 0 atom stereocenters. The van der Waals surface area contributed by atoms with Crippen molar-refractivity contribution in [3.05, 3.63) is 52.8 Å². The van der Waals surface area contributed by atoms with Gasteiger partial charge in [-0.2, -0.15) is 0 Å². The summed E-state index contributed by atoms with van der Waals surface area (Å²) >= 11 is 13.1. The Kier molecular flexibility index (Phi) is 5.57. The van der Waals surface area contributed by atoms with Gasteiger partial charge in [0.25, 0.3) is 0 Å². The molecule has 0 saturated heterocycles. The largest absolute Gasteiger partial charge is 0.325 e. The van der Waals surface area contributed by atoms with Crippen LogP contribution in [0.3, 0.4) is 0 Å². The van der Waals surface area contributed by atoms with Gasteiger partial charge in [-0.1, -0.05) is 35.0 Å². The van der Waals surface area contributed by atoms with E-state index in [4.69, 9.17) is 23.2 Å². The van der Waals surface area contributed by atoms with Crippen LogP contribution in [-0.2, 0) is 11.8 Å². The highest BCUT2D eigenvalue weighted by Crippen LogP contribution is 2.26. The molecule has 0 radical (unpaired) electrons. The zero-order chi connectivity index (χ0) is 17.8. The van der Waals surface area contributed by atoms with Gasteiger partial charge in [-0.3, -0.25) is 9.78 Å². The third-order valence-electron chi connectivity index (χ3n) is 3.31. The SMILES string of the molecule is Cn1c(SCC(=O)Nc2ccc(Cl)c(Cl)c2)nnc1-c1ccncc1. The lowest BCUT2D eigenvalue weighted by atomic mass is 10.2. The lowest BCUT2D eigenvalue weighted by molar-refractivity contribution is -0.113. The van der Waals surface area contributed by atoms with Gasteiger partial charge in [0.2, 0.25) is 5.91 Å². The molecule has 0 aliphatic heterocycles. The highest BCUT2D eigenvalue weighted by molar-refractivity contribution is 7.99. The minimum Gasteiger partial charge on any atom is -0.325 e. The van der Waals surface area contributed by atoms with E-state index in [1.165, 1.54) is 11.8 Å². The van der Waals surface area contributed by atoms with Crippen LogP contribution in [0.15, 0.2) is 47.9 Å². The van der Waals surface area contributed by atoms with E-state index in [-0.39, 0.29) is 11.7 Å². The molecule has 25 heavy (non-hydrogen) atoms. The average molecular weight is 394 g/mol.